The summed E-state index contributed by atoms with van der Waals surface area (Å²) in [4.78, 5) is 2.47. The van der Waals surface area contributed by atoms with Crippen LogP contribution in [0.4, 0.5) is 0 Å². The Labute approximate surface area is 87.1 Å². The van der Waals surface area contributed by atoms with Crippen molar-refractivity contribution in [3.05, 3.63) is 0 Å². The molecule has 1 N–H and O–H groups in total. The highest BCUT2D eigenvalue weighted by Crippen LogP contribution is 2.14. The van der Waals surface area contributed by atoms with E-state index in [4.69, 9.17) is 5.26 Å². The van der Waals surface area contributed by atoms with Gasteiger partial charge in [0.05, 0.1) is 12.1 Å². The van der Waals surface area contributed by atoms with Crippen molar-refractivity contribution >= 4 is 0 Å². The zero-order chi connectivity index (χ0) is 10.4. The molecule has 0 saturated carbocycles. The molecule has 3 nitrogen and oxygen atoms in total. The molecular weight excluding hydrogens is 174 g/mol. The van der Waals surface area contributed by atoms with E-state index in [1.807, 2.05) is 6.92 Å². The Balaban J connectivity index is 2.17. The first-order chi connectivity index (χ1) is 6.80. The molecule has 3 heteroatoms. The SMILES string of the molecule is CCC(C#N)NCC1CCN(CC)C1. The van der Waals surface area contributed by atoms with E-state index in [1.165, 1.54) is 19.5 Å². The van der Waals surface area contributed by atoms with Gasteiger partial charge in [0.2, 0.25) is 0 Å². The van der Waals surface area contributed by atoms with E-state index in [9.17, 15) is 0 Å². The Bertz CT molecular complexity index is 197. The van der Waals surface area contributed by atoms with E-state index in [0.717, 1.165) is 25.4 Å². The van der Waals surface area contributed by atoms with Crippen LogP contribution in [0.2, 0.25) is 0 Å². The molecule has 80 valence electrons. The number of hydrogen-bond acceptors (Lipinski definition) is 3. The van der Waals surface area contributed by atoms with Crippen LogP contribution in [0.1, 0.15) is 26.7 Å². The molecule has 1 rings (SSSR count). The van der Waals surface area contributed by atoms with Crippen molar-refractivity contribution in [2.75, 3.05) is 26.2 Å². The van der Waals surface area contributed by atoms with Gasteiger partial charge in [-0.2, -0.15) is 5.26 Å². The fraction of sp³-hybridized carbons (Fsp3) is 0.909. The Kier molecular flexibility index (Phi) is 4.92. The van der Waals surface area contributed by atoms with Gasteiger partial charge in [-0.05, 0) is 31.8 Å². The molecule has 14 heavy (non-hydrogen) atoms. The van der Waals surface area contributed by atoms with Crippen molar-refractivity contribution < 1.29 is 0 Å². The van der Waals surface area contributed by atoms with E-state index in [1.54, 1.807) is 0 Å². The molecule has 0 aromatic heterocycles. The van der Waals surface area contributed by atoms with Crippen LogP contribution in [-0.2, 0) is 0 Å². The molecule has 2 unspecified atom stereocenters. The maximum Gasteiger partial charge on any atom is 0.0950 e. The van der Waals surface area contributed by atoms with Crippen molar-refractivity contribution in [1.29, 1.82) is 5.26 Å². The topological polar surface area (TPSA) is 39.1 Å². The van der Waals surface area contributed by atoms with Crippen LogP contribution in [0.15, 0.2) is 0 Å². The summed E-state index contributed by atoms with van der Waals surface area (Å²) in [6.45, 7) is 8.85. The van der Waals surface area contributed by atoms with E-state index in [-0.39, 0.29) is 6.04 Å². The van der Waals surface area contributed by atoms with Crippen LogP contribution in [0, 0.1) is 17.2 Å². The molecule has 0 spiro atoms. The van der Waals surface area contributed by atoms with Crippen molar-refractivity contribution in [1.82, 2.24) is 10.2 Å². The Morgan fingerprint density at radius 2 is 2.36 bits per heavy atom. The second-order valence-electron chi connectivity index (χ2n) is 4.05. The molecule has 0 aliphatic carbocycles. The third kappa shape index (κ3) is 3.28. The highest BCUT2D eigenvalue weighted by atomic mass is 15.1. The molecule has 1 fully saturated rings. The summed E-state index contributed by atoms with van der Waals surface area (Å²) >= 11 is 0. The second kappa shape index (κ2) is 6.00. The summed E-state index contributed by atoms with van der Waals surface area (Å²) in [5.74, 6) is 0.748. The Morgan fingerprint density at radius 3 is 2.86 bits per heavy atom. The van der Waals surface area contributed by atoms with Crippen molar-refractivity contribution in [2.45, 2.75) is 32.7 Å². The average Bonchev–Trinajstić information content (AvgIpc) is 2.67. The third-order valence-electron chi connectivity index (χ3n) is 3.03. The first-order valence-electron chi connectivity index (χ1n) is 5.65. The number of hydrogen-bond donors (Lipinski definition) is 1. The van der Waals surface area contributed by atoms with E-state index in [2.05, 4.69) is 23.2 Å². The van der Waals surface area contributed by atoms with Crippen LogP contribution < -0.4 is 5.32 Å². The molecule has 0 aromatic rings. The van der Waals surface area contributed by atoms with Crippen molar-refractivity contribution in [3.8, 4) is 6.07 Å². The van der Waals surface area contributed by atoms with E-state index < -0.39 is 0 Å². The van der Waals surface area contributed by atoms with Gasteiger partial charge >= 0.3 is 0 Å². The summed E-state index contributed by atoms with van der Waals surface area (Å²) in [5, 5.41) is 12.1. The zero-order valence-electron chi connectivity index (χ0n) is 9.29. The van der Waals surface area contributed by atoms with Gasteiger partial charge in [0.15, 0.2) is 0 Å². The van der Waals surface area contributed by atoms with Crippen LogP contribution in [0.3, 0.4) is 0 Å². The van der Waals surface area contributed by atoms with Gasteiger partial charge in [-0.15, -0.1) is 0 Å². The first-order valence-corrected chi connectivity index (χ1v) is 5.65. The van der Waals surface area contributed by atoms with Crippen LogP contribution in [0.25, 0.3) is 0 Å². The Morgan fingerprint density at radius 1 is 1.57 bits per heavy atom. The monoisotopic (exact) mass is 195 g/mol. The average molecular weight is 195 g/mol. The fourth-order valence-corrected chi connectivity index (χ4v) is 1.96. The van der Waals surface area contributed by atoms with Crippen LogP contribution in [0.5, 0.6) is 0 Å². The maximum absolute atomic E-state index is 8.78. The lowest BCUT2D eigenvalue weighted by Gasteiger charge is -2.15. The standard InChI is InChI=1S/C11H21N3/c1-3-11(7-12)13-8-10-5-6-14(4-2)9-10/h10-11,13H,3-6,8-9H2,1-2H3. The molecule has 1 saturated heterocycles. The molecule has 0 aromatic carbocycles. The highest BCUT2D eigenvalue weighted by Gasteiger charge is 2.21. The molecule has 1 heterocycles. The molecule has 2 atom stereocenters. The third-order valence-corrected chi connectivity index (χ3v) is 3.03. The van der Waals surface area contributed by atoms with Gasteiger partial charge in [-0.25, -0.2) is 0 Å². The lowest BCUT2D eigenvalue weighted by Crippen LogP contribution is -2.33. The molecule has 0 bridgehead atoms. The lowest BCUT2D eigenvalue weighted by molar-refractivity contribution is 0.337. The summed E-state index contributed by atoms with van der Waals surface area (Å²) in [7, 11) is 0. The lowest BCUT2D eigenvalue weighted by atomic mass is 10.1. The predicted octanol–water partition coefficient (Wildman–Crippen LogP) is 1.22. The van der Waals surface area contributed by atoms with Gasteiger partial charge in [-0.1, -0.05) is 13.8 Å². The quantitative estimate of drug-likeness (QED) is 0.717. The minimum atomic E-state index is 0.0469. The van der Waals surface area contributed by atoms with Gasteiger partial charge in [0.1, 0.15) is 0 Å². The number of nitriles is 1. The summed E-state index contributed by atoms with van der Waals surface area (Å²) < 4.78 is 0. The highest BCUT2D eigenvalue weighted by molar-refractivity contribution is 4.89. The number of nitrogens with one attached hydrogen (secondary N) is 1. The molecule has 1 aliphatic heterocycles. The van der Waals surface area contributed by atoms with E-state index in [0.29, 0.717) is 0 Å². The number of likely N-dealkylation sites (tertiary alicyclic amines) is 1. The minimum absolute atomic E-state index is 0.0469. The van der Waals surface area contributed by atoms with Crippen LogP contribution >= 0.6 is 0 Å². The molecular formula is C11H21N3. The minimum Gasteiger partial charge on any atom is -0.303 e. The molecule has 0 amide bonds. The summed E-state index contributed by atoms with van der Waals surface area (Å²) in [5.41, 5.74) is 0. The zero-order valence-corrected chi connectivity index (χ0v) is 9.29. The van der Waals surface area contributed by atoms with Gasteiger partial charge in [-0.3, -0.25) is 0 Å². The normalized spacial score (nSPS) is 24.8. The molecule has 0 radical (unpaired) electrons. The number of rotatable bonds is 5. The largest absolute Gasteiger partial charge is 0.303 e. The fourth-order valence-electron chi connectivity index (χ4n) is 1.96. The van der Waals surface area contributed by atoms with Crippen molar-refractivity contribution in [2.24, 2.45) is 5.92 Å². The van der Waals surface area contributed by atoms with Crippen molar-refractivity contribution in [3.63, 3.8) is 0 Å². The molecule has 1 aliphatic rings. The Hall–Kier alpha value is -0.590. The predicted molar refractivity (Wildman–Crippen MR) is 57.9 cm³/mol. The number of nitrogens with zero attached hydrogens (tertiary/aromatic N) is 2. The second-order valence-corrected chi connectivity index (χ2v) is 4.05. The van der Waals surface area contributed by atoms with Gasteiger partial charge < -0.3 is 10.2 Å². The van der Waals surface area contributed by atoms with Gasteiger partial charge in [0, 0.05) is 13.1 Å². The van der Waals surface area contributed by atoms with Crippen LogP contribution in [-0.4, -0.2) is 37.1 Å². The summed E-state index contributed by atoms with van der Waals surface area (Å²) in [6, 6.07) is 2.32. The smallest absolute Gasteiger partial charge is 0.0950 e. The first kappa shape index (κ1) is 11.5. The van der Waals surface area contributed by atoms with Gasteiger partial charge in [0.25, 0.3) is 0 Å². The van der Waals surface area contributed by atoms with E-state index >= 15 is 0 Å². The summed E-state index contributed by atoms with van der Waals surface area (Å²) in [6.07, 6.45) is 2.18. The maximum atomic E-state index is 8.78.